The summed E-state index contributed by atoms with van der Waals surface area (Å²) in [6.45, 7) is 5.46. The van der Waals surface area contributed by atoms with Crippen LogP contribution in [0.25, 0.3) is 5.69 Å². The van der Waals surface area contributed by atoms with Crippen molar-refractivity contribution in [2.45, 2.75) is 13.5 Å². The molecule has 0 aliphatic carbocycles. The van der Waals surface area contributed by atoms with Gasteiger partial charge in [0.2, 0.25) is 0 Å². The number of amides is 2. The Morgan fingerprint density at radius 2 is 1.86 bits per heavy atom. The maximum absolute atomic E-state index is 12.5. The molecule has 29 heavy (non-hydrogen) atoms. The number of halogens is 1. The lowest BCUT2D eigenvalue weighted by Crippen LogP contribution is -2.49. The first kappa shape index (κ1) is 19.4. The van der Waals surface area contributed by atoms with Crippen LogP contribution in [0.1, 0.15) is 11.4 Å². The van der Waals surface area contributed by atoms with Gasteiger partial charge in [0, 0.05) is 36.9 Å². The average molecular weight is 412 g/mol. The number of rotatable bonds is 4. The van der Waals surface area contributed by atoms with Gasteiger partial charge in [-0.2, -0.15) is 4.68 Å². The number of urea groups is 1. The van der Waals surface area contributed by atoms with Crippen molar-refractivity contribution in [3.63, 3.8) is 0 Å². The highest BCUT2D eigenvalue weighted by molar-refractivity contribution is 6.30. The summed E-state index contributed by atoms with van der Waals surface area (Å²) in [4.78, 5) is 16.5. The summed E-state index contributed by atoms with van der Waals surface area (Å²) < 4.78 is 1.76. The SMILES string of the molecule is Cc1ccc(-n2nnnc2CN2CCN(C(=O)Nc3cccc(Cl)c3)CC2)cc1. The van der Waals surface area contributed by atoms with E-state index >= 15 is 0 Å². The van der Waals surface area contributed by atoms with Gasteiger partial charge in [-0.15, -0.1) is 5.10 Å². The van der Waals surface area contributed by atoms with E-state index in [-0.39, 0.29) is 6.03 Å². The maximum atomic E-state index is 12.5. The van der Waals surface area contributed by atoms with Crippen molar-refractivity contribution in [3.05, 3.63) is 64.9 Å². The number of carbonyl (C=O) groups excluding carboxylic acids is 1. The highest BCUT2D eigenvalue weighted by Crippen LogP contribution is 2.16. The van der Waals surface area contributed by atoms with Crippen LogP contribution in [-0.2, 0) is 6.54 Å². The highest BCUT2D eigenvalue weighted by atomic mass is 35.5. The number of aryl methyl sites for hydroxylation is 1. The predicted molar refractivity (Wildman–Crippen MR) is 111 cm³/mol. The van der Waals surface area contributed by atoms with Crippen LogP contribution in [-0.4, -0.2) is 62.2 Å². The zero-order valence-electron chi connectivity index (χ0n) is 16.1. The van der Waals surface area contributed by atoms with Crippen LogP contribution in [0.4, 0.5) is 10.5 Å². The van der Waals surface area contributed by atoms with Crippen molar-refractivity contribution in [2.75, 3.05) is 31.5 Å². The van der Waals surface area contributed by atoms with Crippen LogP contribution in [0.3, 0.4) is 0 Å². The molecular weight excluding hydrogens is 390 g/mol. The standard InChI is InChI=1S/C20H22ClN7O/c1-15-5-7-18(8-6-15)28-19(23-24-25-28)14-26-9-11-27(12-10-26)20(29)22-17-4-2-3-16(21)13-17/h2-8,13H,9-12,14H2,1H3,(H,22,29). The van der Waals surface area contributed by atoms with Crippen molar-refractivity contribution < 1.29 is 4.79 Å². The first-order chi connectivity index (χ1) is 14.1. The number of hydrogen-bond acceptors (Lipinski definition) is 5. The third-order valence-electron chi connectivity index (χ3n) is 4.91. The maximum Gasteiger partial charge on any atom is 0.321 e. The molecule has 1 aromatic heterocycles. The van der Waals surface area contributed by atoms with Gasteiger partial charge in [-0.3, -0.25) is 4.90 Å². The van der Waals surface area contributed by atoms with Crippen LogP contribution in [0, 0.1) is 6.92 Å². The summed E-state index contributed by atoms with van der Waals surface area (Å²) in [5.74, 6) is 0.783. The number of hydrogen-bond donors (Lipinski definition) is 1. The molecule has 1 N–H and O–H groups in total. The van der Waals surface area contributed by atoms with Crippen LogP contribution < -0.4 is 5.32 Å². The van der Waals surface area contributed by atoms with Gasteiger partial charge in [-0.25, -0.2) is 4.79 Å². The molecule has 2 amide bonds. The molecule has 3 aromatic rings. The smallest absolute Gasteiger partial charge is 0.321 e. The summed E-state index contributed by atoms with van der Waals surface area (Å²) in [7, 11) is 0. The lowest BCUT2D eigenvalue weighted by Gasteiger charge is -2.34. The van der Waals surface area contributed by atoms with Crippen molar-refractivity contribution in [3.8, 4) is 5.69 Å². The summed E-state index contributed by atoms with van der Waals surface area (Å²) in [6, 6.07) is 15.1. The zero-order valence-corrected chi connectivity index (χ0v) is 16.9. The quantitative estimate of drug-likeness (QED) is 0.714. The first-order valence-electron chi connectivity index (χ1n) is 9.46. The Kier molecular flexibility index (Phi) is 5.73. The Balaban J connectivity index is 1.33. The number of aromatic nitrogens is 4. The summed E-state index contributed by atoms with van der Waals surface area (Å²) in [5, 5.41) is 15.6. The van der Waals surface area contributed by atoms with Crippen molar-refractivity contribution in [1.29, 1.82) is 0 Å². The molecule has 1 fully saturated rings. The van der Waals surface area contributed by atoms with E-state index in [2.05, 4.69) is 25.7 Å². The van der Waals surface area contributed by atoms with Crippen molar-refractivity contribution in [2.24, 2.45) is 0 Å². The number of benzene rings is 2. The van der Waals surface area contributed by atoms with E-state index in [9.17, 15) is 4.79 Å². The Labute approximate surface area is 174 Å². The molecule has 0 bridgehead atoms. The Hall–Kier alpha value is -2.97. The van der Waals surface area contributed by atoms with Gasteiger partial charge in [0.05, 0.1) is 12.2 Å². The molecule has 1 aliphatic heterocycles. The first-order valence-corrected chi connectivity index (χ1v) is 9.84. The molecule has 2 heterocycles. The number of tetrazole rings is 1. The molecule has 0 unspecified atom stereocenters. The largest absolute Gasteiger partial charge is 0.322 e. The molecule has 0 atom stereocenters. The molecule has 1 aliphatic rings. The average Bonchev–Trinajstić information content (AvgIpc) is 3.17. The van der Waals surface area contributed by atoms with Crippen LogP contribution in [0.2, 0.25) is 5.02 Å². The molecule has 0 spiro atoms. The molecule has 0 radical (unpaired) electrons. The fourth-order valence-corrected chi connectivity index (χ4v) is 3.46. The van der Waals surface area contributed by atoms with Gasteiger partial charge < -0.3 is 10.2 Å². The molecular formula is C20H22ClN7O. The molecule has 0 saturated carbocycles. The summed E-state index contributed by atoms with van der Waals surface area (Å²) in [6.07, 6.45) is 0. The highest BCUT2D eigenvalue weighted by Gasteiger charge is 2.23. The Morgan fingerprint density at radius 1 is 1.10 bits per heavy atom. The molecule has 2 aromatic carbocycles. The number of carbonyl (C=O) groups is 1. The lowest BCUT2D eigenvalue weighted by molar-refractivity contribution is 0.140. The minimum atomic E-state index is -0.114. The molecule has 9 heteroatoms. The molecule has 8 nitrogen and oxygen atoms in total. The molecule has 150 valence electrons. The minimum absolute atomic E-state index is 0.114. The topological polar surface area (TPSA) is 79.2 Å². The minimum Gasteiger partial charge on any atom is -0.322 e. The fraction of sp³-hybridized carbons (Fsp3) is 0.300. The van der Waals surface area contributed by atoms with Gasteiger partial charge in [-0.05, 0) is 47.7 Å². The van der Waals surface area contributed by atoms with Gasteiger partial charge in [-0.1, -0.05) is 35.4 Å². The van der Waals surface area contributed by atoms with Crippen LogP contribution in [0.5, 0.6) is 0 Å². The van der Waals surface area contributed by atoms with Gasteiger partial charge in [0.1, 0.15) is 0 Å². The van der Waals surface area contributed by atoms with E-state index < -0.39 is 0 Å². The third kappa shape index (κ3) is 4.72. The summed E-state index contributed by atoms with van der Waals surface area (Å²) >= 11 is 5.98. The van der Waals surface area contributed by atoms with E-state index in [1.807, 2.05) is 43.3 Å². The Morgan fingerprint density at radius 3 is 2.59 bits per heavy atom. The van der Waals surface area contributed by atoms with Gasteiger partial charge in [0.25, 0.3) is 0 Å². The van der Waals surface area contributed by atoms with Gasteiger partial charge >= 0.3 is 6.03 Å². The second-order valence-electron chi connectivity index (χ2n) is 7.05. The molecule has 1 saturated heterocycles. The van der Waals surface area contributed by atoms with Crippen molar-refractivity contribution in [1.82, 2.24) is 30.0 Å². The van der Waals surface area contributed by atoms with E-state index in [0.29, 0.717) is 30.3 Å². The van der Waals surface area contributed by atoms with E-state index in [0.717, 1.165) is 24.6 Å². The third-order valence-corrected chi connectivity index (χ3v) is 5.15. The number of piperazine rings is 1. The predicted octanol–water partition coefficient (Wildman–Crippen LogP) is 2.97. The van der Waals surface area contributed by atoms with E-state index in [4.69, 9.17) is 11.6 Å². The summed E-state index contributed by atoms with van der Waals surface area (Å²) in [5.41, 5.74) is 2.83. The molecule has 4 rings (SSSR count). The monoisotopic (exact) mass is 411 g/mol. The van der Waals surface area contributed by atoms with Gasteiger partial charge in [0.15, 0.2) is 5.82 Å². The second-order valence-corrected chi connectivity index (χ2v) is 7.48. The zero-order chi connectivity index (χ0) is 20.2. The van der Waals surface area contributed by atoms with E-state index in [1.54, 1.807) is 21.7 Å². The normalized spacial score (nSPS) is 14.8. The lowest BCUT2D eigenvalue weighted by atomic mass is 10.2. The van der Waals surface area contributed by atoms with Crippen LogP contribution >= 0.6 is 11.6 Å². The number of nitrogens with one attached hydrogen (secondary N) is 1. The number of nitrogens with zero attached hydrogens (tertiary/aromatic N) is 6. The Bertz CT molecular complexity index is 981. The van der Waals surface area contributed by atoms with Crippen molar-refractivity contribution >= 4 is 23.3 Å². The number of anilines is 1. The van der Waals surface area contributed by atoms with E-state index in [1.165, 1.54) is 5.56 Å². The van der Waals surface area contributed by atoms with Crippen LogP contribution in [0.15, 0.2) is 48.5 Å². The fourth-order valence-electron chi connectivity index (χ4n) is 3.27. The second kappa shape index (κ2) is 8.59.